The van der Waals surface area contributed by atoms with Gasteiger partial charge >= 0.3 is 5.97 Å². The van der Waals surface area contributed by atoms with Crippen molar-refractivity contribution in [3.63, 3.8) is 0 Å². The highest BCUT2D eigenvalue weighted by molar-refractivity contribution is 7.16. The van der Waals surface area contributed by atoms with Gasteiger partial charge in [0.25, 0.3) is 5.91 Å². The van der Waals surface area contributed by atoms with Crippen molar-refractivity contribution in [1.29, 1.82) is 0 Å². The van der Waals surface area contributed by atoms with E-state index in [1.54, 1.807) is 30.6 Å². The molecule has 0 bridgehead atoms. The second kappa shape index (κ2) is 7.17. The summed E-state index contributed by atoms with van der Waals surface area (Å²) >= 11 is 1.45. The summed E-state index contributed by atoms with van der Waals surface area (Å²) in [5.41, 5.74) is 3.64. The standard InChI is InChI=1S/C21H16N2O3S/c1-13(26-21(25)15-9-10-18-19(11-15)27-12-22-18)20(24)23-17-8-4-6-14-5-2-3-7-16(14)17/h2-13H,1H3,(H,23,24)/t13-/m1/s1. The molecule has 5 nitrogen and oxygen atoms in total. The molecule has 1 atom stereocenters. The van der Waals surface area contributed by atoms with Crippen molar-refractivity contribution in [2.24, 2.45) is 0 Å². The van der Waals surface area contributed by atoms with Crippen molar-refractivity contribution in [2.45, 2.75) is 13.0 Å². The average molecular weight is 376 g/mol. The number of fused-ring (bicyclic) bond motifs is 2. The van der Waals surface area contributed by atoms with Gasteiger partial charge in [0.05, 0.1) is 21.3 Å². The van der Waals surface area contributed by atoms with E-state index >= 15 is 0 Å². The number of carbonyl (C=O) groups is 2. The zero-order chi connectivity index (χ0) is 18.8. The van der Waals surface area contributed by atoms with E-state index in [-0.39, 0.29) is 5.91 Å². The van der Waals surface area contributed by atoms with E-state index in [1.165, 1.54) is 11.3 Å². The molecule has 0 saturated heterocycles. The Morgan fingerprint density at radius 2 is 1.89 bits per heavy atom. The lowest BCUT2D eigenvalue weighted by atomic mass is 10.1. The van der Waals surface area contributed by atoms with Gasteiger partial charge in [0.15, 0.2) is 6.10 Å². The Kier molecular flexibility index (Phi) is 4.56. The summed E-state index contributed by atoms with van der Waals surface area (Å²) in [7, 11) is 0. The molecule has 0 unspecified atom stereocenters. The van der Waals surface area contributed by atoms with Gasteiger partial charge in [-0.05, 0) is 36.6 Å². The number of hydrogen-bond donors (Lipinski definition) is 1. The molecule has 27 heavy (non-hydrogen) atoms. The number of nitrogens with zero attached hydrogens (tertiary/aromatic N) is 1. The summed E-state index contributed by atoms with van der Waals surface area (Å²) in [5, 5.41) is 4.80. The van der Waals surface area contributed by atoms with E-state index in [0.29, 0.717) is 11.3 Å². The van der Waals surface area contributed by atoms with Gasteiger partial charge in [0.2, 0.25) is 0 Å². The molecule has 0 aliphatic rings. The fraction of sp³-hybridized carbons (Fsp3) is 0.0952. The van der Waals surface area contributed by atoms with Crippen LogP contribution in [-0.2, 0) is 9.53 Å². The largest absolute Gasteiger partial charge is 0.449 e. The van der Waals surface area contributed by atoms with E-state index in [9.17, 15) is 9.59 Å². The summed E-state index contributed by atoms with van der Waals surface area (Å²) in [6.07, 6.45) is -0.923. The fourth-order valence-corrected chi connectivity index (χ4v) is 3.55. The third kappa shape index (κ3) is 3.52. The van der Waals surface area contributed by atoms with Gasteiger partial charge in [0, 0.05) is 11.1 Å². The van der Waals surface area contributed by atoms with E-state index in [2.05, 4.69) is 10.3 Å². The van der Waals surface area contributed by atoms with Crippen molar-refractivity contribution >= 4 is 49.9 Å². The fourth-order valence-electron chi connectivity index (χ4n) is 2.83. The lowest BCUT2D eigenvalue weighted by Gasteiger charge is -2.15. The molecular formula is C21H16N2O3S. The minimum Gasteiger partial charge on any atom is -0.449 e. The molecule has 0 aliphatic carbocycles. The molecule has 0 saturated carbocycles. The Bertz CT molecular complexity index is 1150. The van der Waals surface area contributed by atoms with Crippen molar-refractivity contribution < 1.29 is 14.3 Å². The number of aromatic nitrogens is 1. The van der Waals surface area contributed by atoms with E-state index in [1.807, 2.05) is 42.5 Å². The van der Waals surface area contributed by atoms with Crippen LogP contribution in [0.2, 0.25) is 0 Å². The molecule has 0 aliphatic heterocycles. The molecule has 0 radical (unpaired) electrons. The lowest BCUT2D eigenvalue weighted by Crippen LogP contribution is -2.30. The van der Waals surface area contributed by atoms with Crippen LogP contribution in [-0.4, -0.2) is 23.0 Å². The van der Waals surface area contributed by atoms with Crippen LogP contribution in [0.15, 0.2) is 66.2 Å². The number of anilines is 1. The molecule has 3 aromatic carbocycles. The Balaban J connectivity index is 1.47. The molecule has 134 valence electrons. The summed E-state index contributed by atoms with van der Waals surface area (Å²) < 4.78 is 6.24. The monoisotopic (exact) mass is 376 g/mol. The van der Waals surface area contributed by atoms with Gasteiger partial charge in [0.1, 0.15) is 0 Å². The van der Waals surface area contributed by atoms with Crippen LogP contribution in [0.3, 0.4) is 0 Å². The molecule has 4 rings (SSSR count). The predicted octanol–water partition coefficient (Wildman–Crippen LogP) is 4.63. The number of nitrogens with one attached hydrogen (secondary N) is 1. The highest BCUT2D eigenvalue weighted by Gasteiger charge is 2.20. The Morgan fingerprint density at radius 1 is 1.07 bits per heavy atom. The number of benzene rings is 3. The number of ether oxygens (including phenoxy) is 1. The number of carbonyl (C=O) groups excluding carboxylic acids is 2. The van der Waals surface area contributed by atoms with E-state index in [0.717, 1.165) is 21.0 Å². The van der Waals surface area contributed by atoms with Crippen LogP contribution in [0.1, 0.15) is 17.3 Å². The second-order valence-corrected chi connectivity index (χ2v) is 6.98. The third-order valence-corrected chi connectivity index (χ3v) is 5.06. The van der Waals surface area contributed by atoms with Crippen LogP contribution >= 0.6 is 11.3 Å². The van der Waals surface area contributed by atoms with Crippen molar-refractivity contribution in [1.82, 2.24) is 4.98 Å². The van der Waals surface area contributed by atoms with Gasteiger partial charge < -0.3 is 10.1 Å². The quantitative estimate of drug-likeness (QED) is 0.527. The highest BCUT2D eigenvalue weighted by Crippen LogP contribution is 2.23. The van der Waals surface area contributed by atoms with Crippen molar-refractivity contribution in [2.75, 3.05) is 5.32 Å². The third-order valence-electron chi connectivity index (χ3n) is 4.27. The van der Waals surface area contributed by atoms with E-state index in [4.69, 9.17) is 4.74 Å². The van der Waals surface area contributed by atoms with Gasteiger partial charge in [-0.3, -0.25) is 4.79 Å². The summed E-state index contributed by atoms with van der Waals surface area (Å²) in [6, 6.07) is 18.6. The molecule has 1 N–H and O–H groups in total. The van der Waals surface area contributed by atoms with Crippen molar-refractivity contribution in [3.05, 3.63) is 71.7 Å². The van der Waals surface area contributed by atoms with Crippen LogP contribution in [0.4, 0.5) is 5.69 Å². The van der Waals surface area contributed by atoms with Crippen LogP contribution in [0.25, 0.3) is 21.0 Å². The SMILES string of the molecule is C[C@@H](OC(=O)c1ccc2ncsc2c1)C(=O)Nc1cccc2ccccc12. The molecule has 0 spiro atoms. The topological polar surface area (TPSA) is 68.3 Å². The predicted molar refractivity (Wildman–Crippen MR) is 107 cm³/mol. The summed E-state index contributed by atoms with van der Waals surface area (Å²) in [5.74, 6) is -0.913. The first-order chi connectivity index (χ1) is 13.1. The first kappa shape index (κ1) is 17.2. The molecule has 1 heterocycles. The first-order valence-electron chi connectivity index (χ1n) is 8.45. The zero-order valence-corrected chi connectivity index (χ0v) is 15.3. The Labute approximate surface area is 159 Å². The van der Waals surface area contributed by atoms with Gasteiger partial charge in [-0.25, -0.2) is 9.78 Å². The zero-order valence-electron chi connectivity index (χ0n) is 14.5. The average Bonchev–Trinajstić information content (AvgIpc) is 3.16. The smallest absolute Gasteiger partial charge is 0.338 e. The maximum atomic E-state index is 12.5. The first-order valence-corrected chi connectivity index (χ1v) is 9.32. The van der Waals surface area contributed by atoms with Crippen LogP contribution < -0.4 is 5.32 Å². The number of rotatable bonds is 4. The van der Waals surface area contributed by atoms with Gasteiger partial charge in [-0.15, -0.1) is 11.3 Å². The number of esters is 1. The summed E-state index contributed by atoms with van der Waals surface area (Å²) in [6.45, 7) is 1.56. The summed E-state index contributed by atoms with van der Waals surface area (Å²) in [4.78, 5) is 29.1. The molecule has 4 aromatic rings. The minimum atomic E-state index is -0.923. The number of hydrogen-bond acceptors (Lipinski definition) is 5. The Hall–Kier alpha value is -3.25. The van der Waals surface area contributed by atoms with Crippen LogP contribution in [0.5, 0.6) is 0 Å². The number of thiazole rings is 1. The van der Waals surface area contributed by atoms with E-state index < -0.39 is 12.1 Å². The van der Waals surface area contributed by atoms with Crippen LogP contribution in [0, 0.1) is 0 Å². The second-order valence-electron chi connectivity index (χ2n) is 6.10. The van der Waals surface area contributed by atoms with Crippen molar-refractivity contribution in [3.8, 4) is 0 Å². The molecule has 0 fully saturated rings. The molecular weight excluding hydrogens is 360 g/mol. The highest BCUT2D eigenvalue weighted by atomic mass is 32.1. The molecule has 1 amide bonds. The maximum absolute atomic E-state index is 12.5. The van der Waals surface area contributed by atoms with Gasteiger partial charge in [-0.2, -0.15) is 0 Å². The normalized spacial score (nSPS) is 12.0. The molecule has 6 heteroatoms. The maximum Gasteiger partial charge on any atom is 0.338 e. The molecule has 1 aromatic heterocycles. The number of amides is 1. The lowest BCUT2D eigenvalue weighted by molar-refractivity contribution is -0.123. The van der Waals surface area contributed by atoms with Gasteiger partial charge in [-0.1, -0.05) is 36.4 Å². The minimum absolute atomic E-state index is 0.376. The Morgan fingerprint density at radius 3 is 2.78 bits per heavy atom.